The highest BCUT2D eigenvalue weighted by Gasteiger charge is 2.51. The van der Waals surface area contributed by atoms with Crippen molar-refractivity contribution in [3.05, 3.63) is 65.0 Å². The first-order valence-corrected chi connectivity index (χ1v) is 19.6. The van der Waals surface area contributed by atoms with E-state index in [4.69, 9.17) is 28.4 Å². The molecule has 0 bridgehead atoms. The van der Waals surface area contributed by atoms with Crippen LogP contribution in [0.1, 0.15) is 73.1 Å². The van der Waals surface area contributed by atoms with E-state index in [2.05, 4.69) is 28.4 Å². The van der Waals surface area contributed by atoms with Crippen molar-refractivity contribution in [2.24, 2.45) is 5.92 Å². The molecule has 0 saturated carbocycles. The molecule has 2 N–H and O–H groups in total. The first kappa shape index (κ1) is 47.4. The van der Waals surface area contributed by atoms with Gasteiger partial charge in [0.1, 0.15) is 6.10 Å². The van der Waals surface area contributed by atoms with Gasteiger partial charge in [0.2, 0.25) is 46.6 Å². The molecular formula is C41H53F5N2O11. The van der Waals surface area contributed by atoms with Crippen LogP contribution in [0.3, 0.4) is 0 Å². The van der Waals surface area contributed by atoms with Gasteiger partial charge in [-0.15, -0.1) is 0 Å². The Hall–Kier alpha value is -4.23. The molecule has 8 atom stereocenters. The van der Waals surface area contributed by atoms with Gasteiger partial charge in [-0.05, 0) is 45.6 Å². The molecule has 3 saturated heterocycles. The van der Waals surface area contributed by atoms with E-state index in [1.807, 2.05) is 26.0 Å². The SMILES string of the molecule is CC(=O)OC(C)/C=C\C(=O)N[C@@H]1C[C@H](C)[C@H](C/C=C(C)/C=C/[C@@H]2C[C@]3(CO3)C[C@@H](CC(=O)NCCOCCOCCC(=O)Oc3c(F)c(F)c(F)c(F)c3F)O2)O[C@@H]1C. The highest BCUT2D eigenvalue weighted by Crippen LogP contribution is 2.43. The van der Waals surface area contributed by atoms with E-state index >= 15 is 0 Å². The van der Waals surface area contributed by atoms with Crippen LogP contribution in [0.25, 0.3) is 0 Å². The Morgan fingerprint density at radius 3 is 2.22 bits per heavy atom. The molecule has 3 aliphatic heterocycles. The van der Waals surface area contributed by atoms with E-state index in [1.54, 1.807) is 6.92 Å². The van der Waals surface area contributed by atoms with E-state index in [0.717, 1.165) is 12.0 Å². The second-order valence-corrected chi connectivity index (χ2v) is 15.0. The minimum Gasteiger partial charge on any atom is -0.459 e. The van der Waals surface area contributed by atoms with Crippen LogP contribution in [0.4, 0.5) is 22.0 Å². The number of epoxide rings is 1. The van der Waals surface area contributed by atoms with Crippen LogP contribution in [0, 0.1) is 35.0 Å². The third-order valence-electron chi connectivity index (χ3n) is 9.94. The van der Waals surface area contributed by atoms with Gasteiger partial charge >= 0.3 is 11.9 Å². The summed E-state index contributed by atoms with van der Waals surface area (Å²) in [6.07, 6.45) is 10.0. The number of hydrogen-bond acceptors (Lipinski definition) is 11. The van der Waals surface area contributed by atoms with E-state index in [0.29, 0.717) is 25.9 Å². The Bertz CT molecular complexity index is 1710. The number of halogens is 5. The van der Waals surface area contributed by atoms with E-state index < -0.39 is 59.3 Å². The largest absolute Gasteiger partial charge is 0.459 e. The number of benzene rings is 1. The molecule has 59 heavy (non-hydrogen) atoms. The van der Waals surface area contributed by atoms with E-state index in [9.17, 15) is 41.1 Å². The molecule has 1 unspecified atom stereocenters. The smallest absolute Gasteiger partial charge is 0.313 e. The number of carbonyl (C=O) groups excluding carboxylic acids is 4. The lowest BCUT2D eigenvalue weighted by Crippen LogP contribution is -2.50. The lowest BCUT2D eigenvalue weighted by molar-refractivity contribution is -0.143. The standard InChI is InChI=1S/C41H53F5N2O11/c1-23(7-10-31-24(2)18-30(26(4)57-31)48-32(50)11-8-25(3)56-27(5)49)6-9-28-20-41(22-55-41)21-29(58-28)19-33(51)47-13-15-54-17-16-53-14-12-34(52)59-40-38(45)36(43)35(42)37(44)39(40)46/h6-9,11,24-26,28-31H,10,12-22H2,1-5H3,(H,47,51)(H,48,50)/b9-6+,11-8-,23-7+/t24-,25?,26+,28+,29+,30+,31-,41+/m0/s1. The van der Waals surface area contributed by atoms with Crippen molar-refractivity contribution in [2.75, 3.05) is 39.6 Å². The van der Waals surface area contributed by atoms with E-state index in [-0.39, 0.29) is 93.2 Å². The van der Waals surface area contributed by atoms with Crippen molar-refractivity contribution in [2.45, 2.75) is 115 Å². The van der Waals surface area contributed by atoms with Gasteiger partial charge in [0.15, 0.2) is 0 Å². The number of hydrogen-bond donors (Lipinski definition) is 2. The Balaban J connectivity index is 1.09. The fourth-order valence-electron chi connectivity index (χ4n) is 6.73. The number of ether oxygens (including phenoxy) is 7. The zero-order valence-electron chi connectivity index (χ0n) is 33.8. The van der Waals surface area contributed by atoms with Gasteiger partial charge in [0.05, 0.1) is 81.9 Å². The number of rotatable bonds is 20. The molecule has 13 nitrogen and oxygen atoms in total. The Kier molecular flexibility index (Phi) is 18.0. The topological polar surface area (TPSA) is 160 Å². The van der Waals surface area contributed by atoms with Crippen LogP contribution in [0.2, 0.25) is 0 Å². The molecule has 1 spiro atoms. The average molecular weight is 845 g/mol. The second-order valence-electron chi connectivity index (χ2n) is 15.0. The van der Waals surface area contributed by atoms with Crippen molar-refractivity contribution in [3.8, 4) is 5.75 Å². The minimum absolute atomic E-state index is 0.0140. The molecule has 2 amide bonds. The Morgan fingerprint density at radius 1 is 0.898 bits per heavy atom. The number of nitrogens with one attached hydrogen (secondary N) is 2. The first-order valence-electron chi connectivity index (χ1n) is 19.6. The summed E-state index contributed by atoms with van der Waals surface area (Å²) in [7, 11) is 0. The van der Waals surface area contributed by atoms with Crippen molar-refractivity contribution in [3.63, 3.8) is 0 Å². The molecule has 3 heterocycles. The predicted molar refractivity (Wildman–Crippen MR) is 200 cm³/mol. The highest BCUT2D eigenvalue weighted by molar-refractivity contribution is 5.87. The van der Waals surface area contributed by atoms with Gasteiger partial charge in [-0.2, -0.15) is 8.78 Å². The molecule has 18 heteroatoms. The summed E-state index contributed by atoms with van der Waals surface area (Å²) >= 11 is 0. The molecule has 4 rings (SSSR count). The number of amides is 2. The maximum Gasteiger partial charge on any atom is 0.313 e. The lowest BCUT2D eigenvalue weighted by atomic mass is 9.88. The maximum atomic E-state index is 13.7. The summed E-state index contributed by atoms with van der Waals surface area (Å²) in [6.45, 7) is 9.83. The van der Waals surface area contributed by atoms with Crippen LogP contribution in [0.5, 0.6) is 5.75 Å². The van der Waals surface area contributed by atoms with Gasteiger partial charge in [0, 0.05) is 32.4 Å². The average Bonchev–Trinajstić information content (AvgIpc) is 3.92. The monoisotopic (exact) mass is 844 g/mol. The molecule has 0 aliphatic carbocycles. The Morgan fingerprint density at radius 2 is 1.56 bits per heavy atom. The van der Waals surface area contributed by atoms with E-state index in [1.165, 1.54) is 19.1 Å². The maximum absolute atomic E-state index is 13.7. The quantitative estimate of drug-likeness (QED) is 0.0204. The van der Waals surface area contributed by atoms with Crippen molar-refractivity contribution < 1.29 is 74.3 Å². The summed E-state index contributed by atoms with van der Waals surface area (Å²) in [5, 5.41) is 5.77. The minimum atomic E-state index is -2.37. The number of allylic oxidation sites excluding steroid dienone is 2. The van der Waals surface area contributed by atoms with Crippen molar-refractivity contribution >= 4 is 23.8 Å². The van der Waals surface area contributed by atoms with Crippen LogP contribution in [-0.4, -0.2) is 105 Å². The number of carbonyl (C=O) groups is 4. The van der Waals surface area contributed by atoms with Gasteiger partial charge in [-0.3, -0.25) is 19.2 Å². The molecular weight excluding hydrogens is 791 g/mol. The van der Waals surface area contributed by atoms with Crippen LogP contribution in [0.15, 0.2) is 36.0 Å². The zero-order valence-corrected chi connectivity index (χ0v) is 33.8. The fraction of sp³-hybridized carbons (Fsp3) is 0.610. The molecule has 0 radical (unpaired) electrons. The normalized spacial score (nSPS) is 26.2. The summed E-state index contributed by atoms with van der Waals surface area (Å²) in [5.74, 6) is -15.0. The van der Waals surface area contributed by atoms with Crippen LogP contribution in [-0.2, 0) is 47.6 Å². The summed E-state index contributed by atoms with van der Waals surface area (Å²) in [5.41, 5.74) is 0.729. The van der Waals surface area contributed by atoms with Crippen molar-refractivity contribution in [1.29, 1.82) is 0 Å². The molecule has 1 aromatic rings. The number of esters is 2. The second kappa shape index (κ2) is 22.4. The molecule has 0 aromatic heterocycles. The van der Waals surface area contributed by atoms with Gasteiger partial charge in [0.25, 0.3) is 0 Å². The third-order valence-corrected chi connectivity index (χ3v) is 9.94. The van der Waals surface area contributed by atoms with Gasteiger partial charge in [-0.25, -0.2) is 13.2 Å². The van der Waals surface area contributed by atoms with Crippen molar-refractivity contribution in [1.82, 2.24) is 10.6 Å². The van der Waals surface area contributed by atoms with Crippen LogP contribution < -0.4 is 15.4 Å². The summed E-state index contributed by atoms with van der Waals surface area (Å²) in [4.78, 5) is 48.0. The fourth-order valence-corrected chi connectivity index (χ4v) is 6.73. The molecule has 3 fully saturated rings. The van der Waals surface area contributed by atoms with Gasteiger partial charge < -0.3 is 43.8 Å². The summed E-state index contributed by atoms with van der Waals surface area (Å²) < 4.78 is 105. The Labute approximate surface area is 339 Å². The predicted octanol–water partition coefficient (Wildman–Crippen LogP) is 5.23. The first-order chi connectivity index (χ1) is 28.0. The molecule has 1 aromatic carbocycles. The zero-order chi connectivity index (χ0) is 43.3. The van der Waals surface area contributed by atoms with Crippen LogP contribution >= 0.6 is 0 Å². The van der Waals surface area contributed by atoms with Gasteiger partial charge in [-0.1, -0.05) is 30.7 Å². The highest BCUT2D eigenvalue weighted by atomic mass is 19.2. The third kappa shape index (κ3) is 15.1. The lowest BCUT2D eigenvalue weighted by Gasteiger charge is -2.39. The molecule has 328 valence electrons. The molecule has 3 aliphatic rings. The summed E-state index contributed by atoms with van der Waals surface area (Å²) in [6, 6.07) is -0.155.